The van der Waals surface area contributed by atoms with Crippen molar-refractivity contribution in [2.75, 3.05) is 7.11 Å². The van der Waals surface area contributed by atoms with Crippen molar-refractivity contribution in [3.63, 3.8) is 0 Å². The molecule has 2 aromatic carbocycles. The van der Waals surface area contributed by atoms with Crippen LogP contribution < -0.4 is 10.1 Å². The van der Waals surface area contributed by atoms with Gasteiger partial charge in [0.1, 0.15) is 5.75 Å². The molecule has 0 aliphatic heterocycles. The van der Waals surface area contributed by atoms with Crippen LogP contribution in [-0.4, -0.2) is 24.1 Å². The summed E-state index contributed by atoms with van der Waals surface area (Å²) in [5.74, 6) is 0.822. The minimum Gasteiger partial charge on any atom is -0.497 e. The number of nitrogens with zero attached hydrogens (tertiary/aromatic N) is 1. The molecule has 0 aromatic heterocycles. The second kappa shape index (κ2) is 7.81. The molecule has 1 aliphatic carbocycles. The standard InChI is InChI=1S/C22H28N2O2/c1-15-8-11-21(16(2)12-15)17(3)23-22(25)24(19-9-10-19)14-18-6-5-7-20(13-18)26-4/h5-8,11-13,17,19H,9-10,14H2,1-4H3,(H,23,25)/t17-/m0/s1. The van der Waals surface area contributed by atoms with E-state index in [0.717, 1.165) is 24.2 Å². The van der Waals surface area contributed by atoms with Crippen molar-refractivity contribution < 1.29 is 9.53 Å². The molecule has 138 valence electrons. The Hall–Kier alpha value is -2.49. The number of ether oxygens (including phenoxy) is 1. The first-order valence-corrected chi connectivity index (χ1v) is 9.25. The summed E-state index contributed by atoms with van der Waals surface area (Å²) in [6.45, 7) is 6.84. The minimum absolute atomic E-state index is 0.00259. The number of amides is 2. The molecule has 0 saturated heterocycles. The van der Waals surface area contributed by atoms with Crippen LogP contribution in [0, 0.1) is 13.8 Å². The number of aryl methyl sites for hydroxylation is 2. The fourth-order valence-corrected chi connectivity index (χ4v) is 3.38. The van der Waals surface area contributed by atoms with Gasteiger partial charge in [0, 0.05) is 12.6 Å². The molecule has 1 fully saturated rings. The molecule has 0 radical (unpaired) electrons. The predicted octanol–water partition coefficient (Wildman–Crippen LogP) is 4.75. The summed E-state index contributed by atoms with van der Waals surface area (Å²) >= 11 is 0. The van der Waals surface area contributed by atoms with E-state index in [2.05, 4.69) is 37.4 Å². The summed E-state index contributed by atoms with van der Waals surface area (Å²) < 4.78 is 5.30. The summed E-state index contributed by atoms with van der Waals surface area (Å²) in [7, 11) is 1.66. The topological polar surface area (TPSA) is 41.6 Å². The Labute approximate surface area is 156 Å². The average Bonchev–Trinajstić information content (AvgIpc) is 3.44. The van der Waals surface area contributed by atoms with Crippen LogP contribution in [0.15, 0.2) is 42.5 Å². The lowest BCUT2D eigenvalue weighted by molar-refractivity contribution is 0.188. The number of hydrogen-bond acceptors (Lipinski definition) is 2. The first-order chi connectivity index (χ1) is 12.5. The number of nitrogens with one attached hydrogen (secondary N) is 1. The van der Waals surface area contributed by atoms with Gasteiger partial charge in [-0.15, -0.1) is 0 Å². The zero-order valence-electron chi connectivity index (χ0n) is 16.1. The van der Waals surface area contributed by atoms with E-state index in [-0.39, 0.29) is 12.1 Å². The Bertz CT molecular complexity index is 783. The van der Waals surface area contributed by atoms with Gasteiger partial charge in [0.15, 0.2) is 0 Å². The normalized spacial score (nSPS) is 14.6. The second-order valence-electron chi connectivity index (χ2n) is 7.24. The third-order valence-corrected chi connectivity index (χ3v) is 4.97. The number of benzene rings is 2. The molecular formula is C22H28N2O2. The van der Waals surface area contributed by atoms with Crippen molar-refractivity contribution in [3.05, 3.63) is 64.7 Å². The molecule has 1 atom stereocenters. The van der Waals surface area contributed by atoms with Crippen molar-refractivity contribution >= 4 is 6.03 Å². The number of rotatable bonds is 6. The Morgan fingerprint density at radius 3 is 2.65 bits per heavy atom. The van der Waals surface area contributed by atoms with Crippen LogP contribution in [0.3, 0.4) is 0 Å². The molecule has 1 aliphatic rings. The second-order valence-corrected chi connectivity index (χ2v) is 7.24. The Kier molecular flexibility index (Phi) is 5.50. The molecule has 0 unspecified atom stereocenters. The summed E-state index contributed by atoms with van der Waals surface area (Å²) in [4.78, 5) is 14.9. The summed E-state index contributed by atoms with van der Waals surface area (Å²) in [5.41, 5.74) is 4.71. The van der Waals surface area contributed by atoms with E-state index in [4.69, 9.17) is 4.74 Å². The number of urea groups is 1. The van der Waals surface area contributed by atoms with E-state index < -0.39 is 0 Å². The molecular weight excluding hydrogens is 324 g/mol. The lowest BCUT2D eigenvalue weighted by Gasteiger charge is -2.26. The van der Waals surface area contributed by atoms with Crippen molar-refractivity contribution in [2.45, 2.75) is 52.2 Å². The van der Waals surface area contributed by atoms with Crippen LogP contribution >= 0.6 is 0 Å². The molecule has 0 spiro atoms. The number of carbonyl (C=O) groups excluding carboxylic acids is 1. The van der Waals surface area contributed by atoms with Crippen LogP contribution in [0.4, 0.5) is 4.79 Å². The Balaban J connectivity index is 1.70. The van der Waals surface area contributed by atoms with Crippen LogP contribution in [0.5, 0.6) is 5.75 Å². The monoisotopic (exact) mass is 352 g/mol. The number of methoxy groups -OCH3 is 1. The first-order valence-electron chi connectivity index (χ1n) is 9.25. The molecule has 0 bridgehead atoms. The molecule has 3 rings (SSSR count). The quantitative estimate of drug-likeness (QED) is 0.815. The van der Waals surface area contributed by atoms with Crippen molar-refractivity contribution in [3.8, 4) is 5.75 Å². The molecule has 1 saturated carbocycles. The van der Waals surface area contributed by atoms with Gasteiger partial charge >= 0.3 is 6.03 Å². The molecule has 26 heavy (non-hydrogen) atoms. The van der Waals surface area contributed by atoms with Crippen LogP contribution in [-0.2, 0) is 6.54 Å². The summed E-state index contributed by atoms with van der Waals surface area (Å²) in [6, 6.07) is 14.6. The molecule has 4 nitrogen and oxygen atoms in total. The first kappa shape index (κ1) is 18.3. The highest BCUT2D eigenvalue weighted by Crippen LogP contribution is 2.29. The highest BCUT2D eigenvalue weighted by atomic mass is 16.5. The molecule has 2 amide bonds. The molecule has 4 heteroatoms. The van der Waals surface area contributed by atoms with Gasteiger partial charge in [-0.05, 0) is 62.4 Å². The van der Waals surface area contributed by atoms with Crippen molar-refractivity contribution in [1.82, 2.24) is 10.2 Å². The van der Waals surface area contributed by atoms with Gasteiger partial charge < -0.3 is 15.0 Å². The zero-order valence-corrected chi connectivity index (χ0v) is 16.1. The van der Waals surface area contributed by atoms with Crippen LogP contribution in [0.1, 0.15) is 48.1 Å². The maximum Gasteiger partial charge on any atom is 0.318 e. The van der Waals surface area contributed by atoms with E-state index in [9.17, 15) is 4.79 Å². The number of hydrogen-bond donors (Lipinski definition) is 1. The fraction of sp³-hybridized carbons (Fsp3) is 0.409. The van der Waals surface area contributed by atoms with Gasteiger partial charge in [0.2, 0.25) is 0 Å². The summed E-state index contributed by atoms with van der Waals surface area (Å²) in [5, 5.41) is 3.18. The van der Waals surface area contributed by atoms with E-state index in [1.54, 1.807) is 7.11 Å². The third-order valence-electron chi connectivity index (χ3n) is 4.97. The molecule has 0 heterocycles. The van der Waals surface area contributed by atoms with Crippen LogP contribution in [0.2, 0.25) is 0 Å². The largest absolute Gasteiger partial charge is 0.497 e. The smallest absolute Gasteiger partial charge is 0.318 e. The van der Waals surface area contributed by atoms with Gasteiger partial charge in [-0.1, -0.05) is 35.9 Å². The molecule has 2 aromatic rings. The van der Waals surface area contributed by atoms with E-state index in [1.165, 1.54) is 16.7 Å². The summed E-state index contributed by atoms with van der Waals surface area (Å²) in [6.07, 6.45) is 2.16. The highest BCUT2D eigenvalue weighted by molar-refractivity contribution is 5.75. The maximum absolute atomic E-state index is 12.9. The highest BCUT2D eigenvalue weighted by Gasteiger charge is 2.33. The van der Waals surface area contributed by atoms with E-state index in [0.29, 0.717) is 12.6 Å². The van der Waals surface area contributed by atoms with Gasteiger partial charge in [0.05, 0.1) is 13.2 Å². The van der Waals surface area contributed by atoms with Gasteiger partial charge in [-0.25, -0.2) is 4.79 Å². The van der Waals surface area contributed by atoms with Gasteiger partial charge in [0.25, 0.3) is 0 Å². The van der Waals surface area contributed by atoms with Crippen LogP contribution in [0.25, 0.3) is 0 Å². The van der Waals surface area contributed by atoms with Crippen molar-refractivity contribution in [1.29, 1.82) is 0 Å². The van der Waals surface area contributed by atoms with Crippen molar-refractivity contribution in [2.24, 2.45) is 0 Å². The maximum atomic E-state index is 12.9. The Morgan fingerprint density at radius 1 is 1.23 bits per heavy atom. The zero-order chi connectivity index (χ0) is 18.7. The van der Waals surface area contributed by atoms with E-state index >= 15 is 0 Å². The third kappa shape index (κ3) is 4.37. The average molecular weight is 352 g/mol. The number of carbonyl (C=O) groups is 1. The van der Waals surface area contributed by atoms with Gasteiger partial charge in [-0.2, -0.15) is 0 Å². The predicted molar refractivity (Wildman–Crippen MR) is 104 cm³/mol. The Morgan fingerprint density at radius 2 is 2.00 bits per heavy atom. The molecule has 1 N–H and O–H groups in total. The lowest BCUT2D eigenvalue weighted by Crippen LogP contribution is -2.42. The van der Waals surface area contributed by atoms with Gasteiger partial charge in [-0.3, -0.25) is 0 Å². The lowest BCUT2D eigenvalue weighted by atomic mass is 10.0. The van der Waals surface area contributed by atoms with E-state index in [1.807, 2.05) is 36.1 Å². The fourth-order valence-electron chi connectivity index (χ4n) is 3.38. The minimum atomic E-state index is -0.0188. The SMILES string of the molecule is COc1cccc(CN(C(=O)N[C@@H](C)c2ccc(C)cc2C)C2CC2)c1.